The molecule has 0 fully saturated rings. The van der Waals surface area contributed by atoms with Crippen molar-refractivity contribution < 1.29 is 14.3 Å². The largest absolute Gasteiger partial charge is 0.465 e. The SMILES string of the molecule is COC(=O)c1ccc(NC(=O)CCc2c(C)nn(C)c2C)cc1. The van der Waals surface area contributed by atoms with E-state index in [4.69, 9.17) is 0 Å². The van der Waals surface area contributed by atoms with Crippen LogP contribution in [0.15, 0.2) is 24.3 Å². The zero-order valence-corrected chi connectivity index (χ0v) is 13.8. The lowest BCUT2D eigenvalue weighted by molar-refractivity contribution is -0.116. The van der Waals surface area contributed by atoms with Gasteiger partial charge >= 0.3 is 5.97 Å². The van der Waals surface area contributed by atoms with E-state index in [-0.39, 0.29) is 5.91 Å². The van der Waals surface area contributed by atoms with Crippen LogP contribution in [-0.2, 0) is 23.0 Å². The number of ether oxygens (including phenoxy) is 1. The van der Waals surface area contributed by atoms with Gasteiger partial charge in [0.25, 0.3) is 0 Å². The van der Waals surface area contributed by atoms with Crippen LogP contribution in [0, 0.1) is 13.8 Å². The molecule has 0 spiro atoms. The first kappa shape index (κ1) is 16.7. The number of aromatic nitrogens is 2. The Hall–Kier alpha value is -2.63. The van der Waals surface area contributed by atoms with Crippen molar-refractivity contribution in [2.24, 2.45) is 7.05 Å². The van der Waals surface area contributed by atoms with Crippen LogP contribution in [-0.4, -0.2) is 28.8 Å². The lowest BCUT2D eigenvalue weighted by Gasteiger charge is -2.06. The smallest absolute Gasteiger partial charge is 0.337 e. The van der Waals surface area contributed by atoms with Crippen LogP contribution >= 0.6 is 0 Å². The first-order valence-electron chi connectivity index (χ1n) is 7.39. The van der Waals surface area contributed by atoms with Gasteiger partial charge in [-0.1, -0.05) is 0 Å². The zero-order chi connectivity index (χ0) is 17.0. The van der Waals surface area contributed by atoms with Crippen molar-refractivity contribution in [3.05, 3.63) is 46.8 Å². The summed E-state index contributed by atoms with van der Waals surface area (Å²) in [4.78, 5) is 23.4. The summed E-state index contributed by atoms with van der Waals surface area (Å²) in [5, 5.41) is 7.17. The number of hydrogen-bond donors (Lipinski definition) is 1. The second-order valence-electron chi connectivity index (χ2n) is 5.39. The topological polar surface area (TPSA) is 73.2 Å². The number of nitrogens with one attached hydrogen (secondary N) is 1. The first-order valence-corrected chi connectivity index (χ1v) is 7.39. The second-order valence-corrected chi connectivity index (χ2v) is 5.39. The molecule has 1 aromatic carbocycles. The molecule has 0 saturated heterocycles. The number of anilines is 1. The Morgan fingerprint density at radius 2 is 1.87 bits per heavy atom. The summed E-state index contributed by atoms with van der Waals surface area (Å²) in [5.41, 5.74) is 4.26. The minimum absolute atomic E-state index is 0.0709. The highest BCUT2D eigenvalue weighted by molar-refractivity contribution is 5.93. The number of esters is 1. The van der Waals surface area contributed by atoms with Crippen LogP contribution in [0.3, 0.4) is 0 Å². The normalized spacial score (nSPS) is 10.4. The van der Waals surface area contributed by atoms with Gasteiger partial charge in [0.05, 0.1) is 18.4 Å². The van der Waals surface area contributed by atoms with Gasteiger partial charge in [0.1, 0.15) is 0 Å². The van der Waals surface area contributed by atoms with Crippen molar-refractivity contribution in [1.82, 2.24) is 9.78 Å². The number of benzene rings is 1. The van der Waals surface area contributed by atoms with E-state index < -0.39 is 5.97 Å². The molecule has 0 atom stereocenters. The lowest BCUT2D eigenvalue weighted by atomic mass is 10.1. The highest BCUT2D eigenvalue weighted by Gasteiger charge is 2.12. The molecule has 1 aromatic heterocycles. The summed E-state index contributed by atoms with van der Waals surface area (Å²) >= 11 is 0. The fourth-order valence-corrected chi connectivity index (χ4v) is 2.45. The maximum Gasteiger partial charge on any atom is 0.337 e. The lowest BCUT2D eigenvalue weighted by Crippen LogP contribution is -2.13. The summed E-state index contributed by atoms with van der Waals surface area (Å²) in [6.45, 7) is 3.95. The molecular weight excluding hydrogens is 294 g/mol. The zero-order valence-electron chi connectivity index (χ0n) is 13.8. The van der Waals surface area contributed by atoms with Crippen LogP contribution < -0.4 is 5.32 Å². The molecule has 0 radical (unpaired) electrons. The molecule has 0 aliphatic carbocycles. The van der Waals surface area contributed by atoms with E-state index >= 15 is 0 Å². The van der Waals surface area contributed by atoms with E-state index in [1.807, 2.05) is 25.6 Å². The summed E-state index contributed by atoms with van der Waals surface area (Å²) in [5.74, 6) is -0.469. The number of aryl methyl sites for hydroxylation is 2. The maximum absolute atomic E-state index is 12.1. The van der Waals surface area contributed by atoms with Crippen LogP contribution in [0.2, 0.25) is 0 Å². The summed E-state index contributed by atoms with van der Waals surface area (Å²) < 4.78 is 6.46. The van der Waals surface area contributed by atoms with Crippen LogP contribution in [0.25, 0.3) is 0 Å². The molecule has 6 heteroatoms. The average Bonchev–Trinajstić information content (AvgIpc) is 2.78. The molecule has 0 aliphatic rings. The Kier molecular flexibility index (Phi) is 5.16. The van der Waals surface area contributed by atoms with E-state index in [0.717, 1.165) is 17.0 Å². The minimum Gasteiger partial charge on any atom is -0.465 e. The van der Waals surface area contributed by atoms with Crippen molar-refractivity contribution >= 4 is 17.6 Å². The van der Waals surface area contributed by atoms with Crippen molar-refractivity contribution in [1.29, 1.82) is 0 Å². The Bertz CT molecular complexity index is 717. The fraction of sp³-hybridized carbons (Fsp3) is 0.353. The van der Waals surface area contributed by atoms with E-state index in [1.54, 1.807) is 24.3 Å². The number of rotatable bonds is 5. The third kappa shape index (κ3) is 3.97. The number of carbonyl (C=O) groups excluding carboxylic acids is 2. The van der Waals surface area contributed by atoms with Crippen molar-refractivity contribution in [3.63, 3.8) is 0 Å². The molecule has 1 N–H and O–H groups in total. The van der Waals surface area contributed by atoms with Gasteiger partial charge in [-0.3, -0.25) is 9.48 Å². The summed E-state index contributed by atoms with van der Waals surface area (Å²) in [6.07, 6.45) is 1.03. The number of carbonyl (C=O) groups is 2. The van der Waals surface area contributed by atoms with Crippen molar-refractivity contribution in [2.75, 3.05) is 12.4 Å². The van der Waals surface area contributed by atoms with E-state index in [0.29, 0.717) is 24.1 Å². The van der Waals surface area contributed by atoms with Crippen molar-refractivity contribution in [3.8, 4) is 0 Å². The minimum atomic E-state index is -0.398. The van der Waals surface area contributed by atoms with Gasteiger partial charge in [-0.2, -0.15) is 5.10 Å². The first-order chi connectivity index (χ1) is 10.9. The number of hydrogen-bond acceptors (Lipinski definition) is 4. The Labute approximate surface area is 135 Å². The van der Waals surface area contributed by atoms with Crippen LogP contribution in [0.5, 0.6) is 0 Å². The van der Waals surface area contributed by atoms with Gasteiger partial charge < -0.3 is 10.1 Å². The molecule has 2 aromatic rings. The van der Waals surface area contributed by atoms with E-state index in [2.05, 4.69) is 15.2 Å². The van der Waals surface area contributed by atoms with E-state index in [9.17, 15) is 9.59 Å². The van der Waals surface area contributed by atoms with Crippen molar-refractivity contribution in [2.45, 2.75) is 26.7 Å². The van der Waals surface area contributed by atoms with Crippen LogP contribution in [0.4, 0.5) is 5.69 Å². The highest BCUT2D eigenvalue weighted by atomic mass is 16.5. The molecule has 0 aliphatic heterocycles. The fourth-order valence-electron chi connectivity index (χ4n) is 2.45. The molecule has 122 valence electrons. The molecule has 1 amide bonds. The second kappa shape index (κ2) is 7.09. The van der Waals surface area contributed by atoms with Gasteiger partial charge in [-0.25, -0.2) is 4.79 Å². The predicted octanol–water partition coefficient (Wildman–Crippen LogP) is 2.39. The Balaban J connectivity index is 1.93. The highest BCUT2D eigenvalue weighted by Crippen LogP contribution is 2.15. The monoisotopic (exact) mass is 315 g/mol. The average molecular weight is 315 g/mol. The van der Waals surface area contributed by atoms with Gasteiger partial charge in [-0.15, -0.1) is 0 Å². The number of amides is 1. The maximum atomic E-state index is 12.1. The molecule has 2 rings (SSSR count). The van der Waals surface area contributed by atoms with Gasteiger partial charge in [-0.05, 0) is 50.1 Å². The van der Waals surface area contributed by atoms with Gasteiger partial charge in [0.2, 0.25) is 5.91 Å². The summed E-state index contributed by atoms with van der Waals surface area (Å²) in [6, 6.07) is 6.61. The Morgan fingerprint density at radius 1 is 1.22 bits per heavy atom. The van der Waals surface area contributed by atoms with E-state index in [1.165, 1.54) is 7.11 Å². The van der Waals surface area contributed by atoms with Gasteiger partial charge in [0.15, 0.2) is 0 Å². The third-order valence-corrected chi connectivity index (χ3v) is 3.85. The standard InChI is InChI=1S/C17H21N3O3/c1-11-15(12(2)20(3)19-11)9-10-16(21)18-14-7-5-13(6-8-14)17(22)23-4/h5-8H,9-10H2,1-4H3,(H,18,21). The molecule has 1 heterocycles. The predicted molar refractivity (Wildman–Crippen MR) is 87.4 cm³/mol. The quantitative estimate of drug-likeness (QED) is 0.860. The Morgan fingerprint density at radius 3 is 2.39 bits per heavy atom. The molecule has 0 bridgehead atoms. The summed E-state index contributed by atoms with van der Waals surface area (Å²) in [7, 11) is 3.23. The molecular formula is C17H21N3O3. The van der Waals surface area contributed by atoms with Gasteiger partial charge in [0, 0.05) is 24.8 Å². The third-order valence-electron chi connectivity index (χ3n) is 3.85. The molecule has 0 unspecified atom stereocenters. The molecule has 0 saturated carbocycles. The molecule has 23 heavy (non-hydrogen) atoms. The number of methoxy groups -OCH3 is 1. The van der Waals surface area contributed by atoms with Crippen LogP contribution in [0.1, 0.15) is 33.7 Å². The number of nitrogens with zero attached hydrogens (tertiary/aromatic N) is 2. The molecule has 6 nitrogen and oxygen atoms in total.